The summed E-state index contributed by atoms with van der Waals surface area (Å²) in [5.74, 6) is 3.57. The number of hydrogen-bond donors (Lipinski definition) is 2. The zero-order valence-electron chi connectivity index (χ0n) is 19.5. The zero-order chi connectivity index (χ0) is 24.7. The number of aryl methyl sites for hydroxylation is 1. The van der Waals surface area contributed by atoms with E-state index in [-0.39, 0.29) is 18.6 Å². The Balaban J connectivity index is 1.39. The number of aliphatic hydroxyl groups is 1. The van der Waals surface area contributed by atoms with Crippen molar-refractivity contribution in [3.63, 3.8) is 0 Å². The van der Waals surface area contributed by atoms with E-state index in [9.17, 15) is 9.66 Å². The van der Waals surface area contributed by atoms with Crippen molar-refractivity contribution in [2.24, 2.45) is 5.92 Å². The Morgan fingerprint density at radius 1 is 1.17 bits per heavy atom. The standard InChI is InChI=1S/C23H27Cl2N7O2S/c1-13(2)18(12-33)26-22-21-17(5-8-35(21)34)27-23(28-22)31-6-7-32-19(29-30-20(32)11-31)10-14-3-4-15(24)16(25)9-14/h3-4,9,13,18,33H,5-8,10-12H2,1-2H3,(H,26,27,28)/t18-,35?/m0/s1. The molecule has 35 heavy (non-hydrogen) atoms. The molecule has 2 N–H and O–H groups in total. The van der Waals surface area contributed by atoms with Gasteiger partial charge in [0.2, 0.25) is 10.8 Å². The molecule has 0 aliphatic carbocycles. The number of hydrogen-bond acceptors (Lipinski definition) is 8. The van der Waals surface area contributed by atoms with Crippen molar-refractivity contribution < 1.29 is 9.66 Å². The average molecular weight is 536 g/mol. The Morgan fingerprint density at radius 3 is 2.74 bits per heavy atom. The van der Waals surface area contributed by atoms with Gasteiger partial charge in [-0.1, -0.05) is 43.1 Å². The summed E-state index contributed by atoms with van der Waals surface area (Å²) in [4.78, 5) is 12.3. The van der Waals surface area contributed by atoms with Gasteiger partial charge in [0.05, 0.1) is 29.2 Å². The summed E-state index contributed by atoms with van der Waals surface area (Å²) in [6.07, 6.45) is 1.26. The lowest BCUT2D eigenvalue weighted by atomic mass is 10.1. The number of halogens is 2. The maximum atomic E-state index is 12.6. The van der Waals surface area contributed by atoms with E-state index in [0.717, 1.165) is 22.9 Å². The molecule has 2 atom stereocenters. The molecule has 2 aliphatic rings. The minimum Gasteiger partial charge on any atom is -0.611 e. The molecule has 3 aromatic rings. The summed E-state index contributed by atoms with van der Waals surface area (Å²) in [6, 6.07) is 5.40. The number of benzene rings is 1. The lowest BCUT2D eigenvalue weighted by Crippen LogP contribution is -2.36. The predicted octanol–water partition coefficient (Wildman–Crippen LogP) is 3.08. The highest BCUT2D eigenvalue weighted by Gasteiger charge is 2.34. The van der Waals surface area contributed by atoms with Crippen molar-refractivity contribution in [3.05, 3.63) is 51.2 Å². The minimum atomic E-state index is -1.14. The molecule has 0 radical (unpaired) electrons. The van der Waals surface area contributed by atoms with Gasteiger partial charge in [-0.2, -0.15) is 4.98 Å². The summed E-state index contributed by atoms with van der Waals surface area (Å²) in [6.45, 7) is 5.92. The van der Waals surface area contributed by atoms with Crippen LogP contribution in [-0.4, -0.2) is 59.3 Å². The van der Waals surface area contributed by atoms with Crippen molar-refractivity contribution in [2.45, 2.75) is 50.7 Å². The molecule has 0 saturated heterocycles. The second kappa shape index (κ2) is 10.1. The molecule has 186 valence electrons. The number of fused-ring (bicyclic) bond motifs is 2. The molecule has 0 fully saturated rings. The highest BCUT2D eigenvalue weighted by atomic mass is 35.5. The zero-order valence-corrected chi connectivity index (χ0v) is 21.9. The van der Waals surface area contributed by atoms with Gasteiger partial charge < -0.3 is 24.4 Å². The predicted molar refractivity (Wildman–Crippen MR) is 137 cm³/mol. The fourth-order valence-electron chi connectivity index (χ4n) is 4.37. The van der Waals surface area contributed by atoms with Crippen LogP contribution in [-0.2, 0) is 37.1 Å². The molecule has 0 saturated carbocycles. The van der Waals surface area contributed by atoms with E-state index in [2.05, 4.69) is 25.0 Å². The van der Waals surface area contributed by atoms with Crippen LogP contribution >= 0.6 is 23.2 Å². The summed E-state index contributed by atoms with van der Waals surface area (Å²) in [7, 11) is 0. The maximum Gasteiger partial charge on any atom is 0.228 e. The van der Waals surface area contributed by atoms with Gasteiger partial charge in [0.25, 0.3) is 0 Å². The van der Waals surface area contributed by atoms with Crippen LogP contribution in [0.25, 0.3) is 0 Å². The van der Waals surface area contributed by atoms with Gasteiger partial charge >= 0.3 is 0 Å². The molecular weight excluding hydrogens is 509 g/mol. The summed E-state index contributed by atoms with van der Waals surface area (Å²) in [5.41, 5.74) is 1.83. The van der Waals surface area contributed by atoms with Crippen LogP contribution in [0.15, 0.2) is 23.1 Å². The maximum absolute atomic E-state index is 12.6. The number of rotatable bonds is 7. The van der Waals surface area contributed by atoms with Gasteiger partial charge in [0.1, 0.15) is 17.3 Å². The Kier molecular flexibility index (Phi) is 7.09. The van der Waals surface area contributed by atoms with E-state index in [1.165, 1.54) is 0 Å². The molecule has 1 aromatic carbocycles. The van der Waals surface area contributed by atoms with Gasteiger partial charge in [-0.05, 0) is 34.8 Å². The average Bonchev–Trinajstić information content (AvgIpc) is 3.42. The first-order chi connectivity index (χ1) is 16.8. The molecular formula is C23H27Cl2N7O2S. The largest absolute Gasteiger partial charge is 0.611 e. The van der Waals surface area contributed by atoms with Crippen LogP contribution in [0.1, 0.15) is 36.8 Å². The van der Waals surface area contributed by atoms with Crippen LogP contribution in [0.2, 0.25) is 10.0 Å². The number of anilines is 2. The van der Waals surface area contributed by atoms with Gasteiger partial charge in [-0.15, -0.1) is 10.2 Å². The van der Waals surface area contributed by atoms with E-state index in [1.54, 1.807) is 6.07 Å². The number of aromatic nitrogens is 5. The highest BCUT2D eigenvalue weighted by molar-refractivity contribution is 7.91. The van der Waals surface area contributed by atoms with Crippen LogP contribution < -0.4 is 10.2 Å². The molecule has 0 bridgehead atoms. The second-order valence-electron chi connectivity index (χ2n) is 9.16. The van der Waals surface area contributed by atoms with Crippen molar-refractivity contribution >= 4 is 46.1 Å². The molecule has 2 aromatic heterocycles. The normalized spacial score (nSPS) is 18.0. The number of aliphatic hydroxyl groups excluding tert-OH is 1. The SMILES string of the molecule is CC(C)[C@H](CO)Nc1nc(N2CCn3c(Cc4ccc(Cl)c(Cl)c4)nnc3C2)nc2c1[S+]([O-])CC2. The molecule has 9 nitrogen and oxygen atoms in total. The van der Waals surface area contributed by atoms with Crippen LogP contribution in [0.3, 0.4) is 0 Å². The second-order valence-corrected chi connectivity index (χ2v) is 11.5. The minimum absolute atomic E-state index is 0.0349. The molecule has 5 rings (SSSR count). The Hall–Kier alpha value is -2.11. The molecule has 2 aliphatic heterocycles. The smallest absolute Gasteiger partial charge is 0.228 e. The third-order valence-corrected chi connectivity index (χ3v) is 8.66. The van der Waals surface area contributed by atoms with Crippen molar-refractivity contribution in [2.75, 3.05) is 29.1 Å². The van der Waals surface area contributed by atoms with E-state index >= 15 is 0 Å². The highest BCUT2D eigenvalue weighted by Crippen LogP contribution is 2.34. The fraction of sp³-hybridized carbons (Fsp3) is 0.478. The van der Waals surface area contributed by atoms with Gasteiger partial charge in [-0.25, -0.2) is 4.98 Å². The van der Waals surface area contributed by atoms with Crippen molar-refractivity contribution in [3.8, 4) is 0 Å². The lowest BCUT2D eigenvalue weighted by molar-refractivity contribution is 0.248. The monoisotopic (exact) mass is 535 g/mol. The fourth-order valence-corrected chi connectivity index (χ4v) is 6.01. The van der Waals surface area contributed by atoms with Crippen molar-refractivity contribution in [1.82, 2.24) is 24.7 Å². The Morgan fingerprint density at radius 2 is 2.00 bits per heavy atom. The van der Waals surface area contributed by atoms with Crippen LogP contribution in [0.5, 0.6) is 0 Å². The van der Waals surface area contributed by atoms with Crippen molar-refractivity contribution in [1.29, 1.82) is 0 Å². The number of nitrogens with zero attached hydrogens (tertiary/aromatic N) is 6. The summed E-state index contributed by atoms with van der Waals surface area (Å²) < 4.78 is 14.8. The quantitative estimate of drug-likeness (QED) is 0.443. The summed E-state index contributed by atoms with van der Waals surface area (Å²) >= 11 is 11.1. The van der Waals surface area contributed by atoms with Crippen LogP contribution in [0.4, 0.5) is 11.8 Å². The van der Waals surface area contributed by atoms with Gasteiger partial charge in [-0.3, -0.25) is 0 Å². The van der Waals surface area contributed by atoms with Gasteiger partial charge in [0.15, 0.2) is 11.6 Å². The molecule has 12 heteroatoms. The first-order valence-electron chi connectivity index (χ1n) is 11.6. The van der Waals surface area contributed by atoms with E-state index in [0.29, 0.717) is 64.9 Å². The lowest BCUT2D eigenvalue weighted by Gasteiger charge is -2.29. The molecule has 1 unspecified atom stereocenters. The van der Waals surface area contributed by atoms with Gasteiger partial charge in [0, 0.05) is 25.9 Å². The van der Waals surface area contributed by atoms with E-state index < -0.39 is 11.2 Å². The molecule has 4 heterocycles. The topological polar surface area (TPSA) is 115 Å². The third-order valence-electron chi connectivity index (χ3n) is 6.46. The van der Waals surface area contributed by atoms with Crippen LogP contribution in [0, 0.1) is 5.92 Å². The Bertz CT molecular complexity index is 1240. The third kappa shape index (κ3) is 4.95. The molecule has 0 amide bonds. The molecule has 0 spiro atoms. The van der Waals surface area contributed by atoms with E-state index in [1.807, 2.05) is 26.0 Å². The first-order valence-corrected chi connectivity index (χ1v) is 13.7. The number of nitrogens with one attached hydrogen (secondary N) is 1. The Labute approximate surface area is 217 Å². The summed E-state index contributed by atoms with van der Waals surface area (Å²) in [5, 5.41) is 23.0. The van der Waals surface area contributed by atoms with E-state index in [4.69, 9.17) is 33.2 Å². The first kappa shape index (κ1) is 24.6.